The van der Waals surface area contributed by atoms with E-state index >= 15 is 0 Å². The monoisotopic (exact) mass is 539 g/mol. The van der Waals surface area contributed by atoms with Gasteiger partial charge in [0.25, 0.3) is 0 Å². The molecule has 0 fully saturated rings. The Morgan fingerprint density at radius 1 is 1.05 bits per heavy atom. The number of carbonyl (C=O) groups is 1. The number of nitrogens with one attached hydrogen (secondary N) is 2. The zero-order valence-corrected chi connectivity index (χ0v) is 22.0. The van der Waals surface area contributed by atoms with Gasteiger partial charge in [-0.25, -0.2) is 9.78 Å². The average molecular weight is 540 g/mol. The Labute approximate surface area is 222 Å². The molecule has 0 saturated heterocycles. The van der Waals surface area contributed by atoms with E-state index in [4.69, 9.17) is 37.1 Å². The number of benzene rings is 2. The van der Waals surface area contributed by atoms with E-state index in [1.165, 1.54) is 26.4 Å². The van der Waals surface area contributed by atoms with E-state index in [1.807, 2.05) is 26.0 Å². The van der Waals surface area contributed by atoms with Gasteiger partial charge in [-0.05, 0) is 43.2 Å². The van der Waals surface area contributed by atoms with Gasteiger partial charge >= 0.3 is 5.63 Å². The highest BCUT2D eigenvalue weighted by molar-refractivity contribution is 6.41. The fraction of sp³-hybridized carbons (Fsp3) is 0.148. The highest BCUT2D eigenvalue weighted by Crippen LogP contribution is 2.45. The number of aryl methyl sites for hydroxylation is 2. The van der Waals surface area contributed by atoms with Crippen LogP contribution in [0, 0.1) is 13.8 Å². The lowest BCUT2D eigenvalue weighted by atomic mass is 10.1. The highest BCUT2D eigenvalue weighted by Gasteiger charge is 2.22. The summed E-state index contributed by atoms with van der Waals surface area (Å²) in [4.78, 5) is 29.4. The second kappa shape index (κ2) is 10.5. The highest BCUT2D eigenvalue weighted by atomic mass is 35.5. The Balaban J connectivity index is 1.79. The molecule has 0 atom stereocenters. The molecule has 0 bridgehead atoms. The molecule has 0 saturated carbocycles. The molecule has 0 aliphatic carbocycles. The van der Waals surface area contributed by atoms with Crippen LogP contribution < -0.4 is 25.7 Å². The maximum absolute atomic E-state index is 13.0. The molecule has 37 heavy (non-hydrogen) atoms. The summed E-state index contributed by atoms with van der Waals surface area (Å²) in [7, 11) is 2.90. The van der Waals surface area contributed by atoms with Gasteiger partial charge in [0.05, 0.1) is 41.2 Å². The molecule has 0 aliphatic heterocycles. The molecule has 0 unspecified atom stereocenters. The lowest BCUT2D eigenvalue weighted by molar-refractivity contribution is -0.111. The van der Waals surface area contributed by atoms with Crippen molar-refractivity contribution in [2.24, 2.45) is 0 Å². The van der Waals surface area contributed by atoms with E-state index in [-0.39, 0.29) is 32.7 Å². The summed E-state index contributed by atoms with van der Waals surface area (Å²) in [5.41, 5.74) is 3.06. The van der Waals surface area contributed by atoms with E-state index in [2.05, 4.69) is 22.2 Å². The molecule has 4 rings (SSSR count). The van der Waals surface area contributed by atoms with Crippen molar-refractivity contribution in [1.82, 2.24) is 4.98 Å². The van der Waals surface area contributed by atoms with Crippen LogP contribution in [0.3, 0.4) is 0 Å². The molecular formula is C27H23Cl2N3O5. The van der Waals surface area contributed by atoms with Gasteiger partial charge in [-0.1, -0.05) is 35.8 Å². The molecule has 2 N–H and O–H groups in total. The lowest BCUT2D eigenvalue weighted by Gasteiger charge is -2.16. The maximum Gasteiger partial charge on any atom is 0.344 e. The first-order chi connectivity index (χ1) is 17.7. The van der Waals surface area contributed by atoms with E-state index < -0.39 is 5.63 Å². The third kappa shape index (κ3) is 5.12. The zero-order chi connectivity index (χ0) is 26.9. The predicted octanol–water partition coefficient (Wildman–Crippen LogP) is 6.66. The number of fused-ring (bicyclic) bond motifs is 1. The Hall–Kier alpha value is -4.01. The summed E-state index contributed by atoms with van der Waals surface area (Å²) in [6.07, 6.45) is 2.74. The smallest absolute Gasteiger partial charge is 0.344 e. The summed E-state index contributed by atoms with van der Waals surface area (Å²) in [5.74, 6) is 0.652. The Morgan fingerprint density at radius 2 is 1.73 bits per heavy atom. The Morgan fingerprint density at radius 3 is 2.35 bits per heavy atom. The number of pyridine rings is 1. The number of hydrogen-bond donors (Lipinski definition) is 2. The van der Waals surface area contributed by atoms with Crippen LogP contribution in [-0.2, 0) is 4.79 Å². The van der Waals surface area contributed by atoms with Gasteiger partial charge in [0.15, 0.2) is 0 Å². The van der Waals surface area contributed by atoms with Gasteiger partial charge in [0.2, 0.25) is 5.91 Å². The van der Waals surface area contributed by atoms with Gasteiger partial charge in [-0.3, -0.25) is 4.79 Å². The topological polar surface area (TPSA) is 103 Å². The summed E-state index contributed by atoms with van der Waals surface area (Å²) in [6.45, 7) is 7.33. The summed E-state index contributed by atoms with van der Waals surface area (Å²) >= 11 is 13.0. The number of hydrogen-bond acceptors (Lipinski definition) is 7. The fourth-order valence-corrected chi connectivity index (χ4v) is 4.63. The van der Waals surface area contributed by atoms with Crippen molar-refractivity contribution in [3.63, 3.8) is 0 Å². The molecule has 2 aromatic carbocycles. The van der Waals surface area contributed by atoms with Crippen LogP contribution in [0.15, 0.2) is 58.4 Å². The van der Waals surface area contributed by atoms with Crippen molar-refractivity contribution >= 4 is 57.3 Å². The van der Waals surface area contributed by atoms with Gasteiger partial charge in [0, 0.05) is 29.3 Å². The van der Waals surface area contributed by atoms with E-state index in [0.29, 0.717) is 34.1 Å². The molecule has 0 radical (unpaired) electrons. The largest absolute Gasteiger partial charge is 0.495 e. The van der Waals surface area contributed by atoms with E-state index in [1.54, 1.807) is 18.3 Å². The van der Waals surface area contributed by atoms with Crippen LogP contribution in [0.2, 0.25) is 10.0 Å². The molecule has 2 aromatic heterocycles. The SMILES string of the molecule is C=CC(=O)Nc1cc(C)cc(C)c1Nc1cc2oc(=O)c(-c3c(Cl)c(OC)cc(OC)c3Cl)cc2cn1. The molecule has 2 heterocycles. The minimum absolute atomic E-state index is 0.131. The number of anilines is 3. The maximum atomic E-state index is 13.0. The quantitative estimate of drug-likeness (QED) is 0.253. The normalized spacial score (nSPS) is 10.8. The van der Waals surface area contributed by atoms with Gasteiger partial charge in [-0.2, -0.15) is 0 Å². The van der Waals surface area contributed by atoms with Crippen molar-refractivity contribution in [2.75, 3.05) is 24.9 Å². The van der Waals surface area contributed by atoms with Crippen LogP contribution >= 0.6 is 23.2 Å². The Bertz CT molecular complexity index is 1590. The first-order valence-corrected chi connectivity index (χ1v) is 11.8. The summed E-state index contributed by atoms with van der Waals surface area (Å²) in [5, 5.41) is 6.84. The number of carbonyl (C=O) groups excluding carboxylic acids is 1. The van der Waals surface area contributed by atoms with Crippen LogP contribution in [0.25, 0.3) is 22.1 Å². The number of methoxy groups -OCH3 is 2. The van der Waals surface area contributed by atoms with Crippen LogP contribution in [0.5, 0.6) is 11.5 Å². The molecule has 8 nitrogen and oxygen atoms in total. The number of aromatic nitrogens is 1. The van der Waals surface area contributed by atoms with Crippen molar-refractivity contribution in [3.05, 3.63) is 80.8 Å². The van der Waals surface area contributed by atoms with E-state index in [0.717, 1.165) is 11.1 Å². The zero-order valence-electron chi connectivity index (χ0n) is 20.5. The average Bonchev–Trinajstić information content (AvgIpc) is 2.86. The van der Waals surface area contributed by atoms with Crippen molar-refractivity contribution in [2.45, 2.75) is 13.8 Å². The lowest BCUT2D eigenvalue weighted by Crippen LogP contribution is -2.10. The van der Waals surface area contributed by atoms with Crippen LogP contribution in [-0.4, -0.2) is 25.1 Å². The van der Waals surface area contributed by atoms with Gasteiger partial charge in [0.1, 0.15) is 22.9 Å². The molecule has 10 heteroatoms. The molecule has 1 amide bonds. The number of halogens is 2. The minimum Gasteiger partial charge on any atom is -0.495 e. The Kier molecular flexibility index (Phi) is 7.42. The first kappa shape index (κ1) is 26.1. The second-order valence-electron chi connectivity index (χ2n) is 8.16. The fourth-order valence-electron chi connectivity index (χ4n) is 3.92. The molecular weight excluding hydrogens is 517 g/mol. The molecule has 0 spiro atoms. The minimum atomic E-state index is -0.658. The molecule has 190 valence electrons. The predicted molar refractivity (Wildman–Crippen MR) is 147 cm³/mol. The number of amides is 1. The third-order valence-electron chi connectivity index (χ3n) is 5.64. The molecule has 0 aliphatic rings. The van der Waals surface area contributed by atoms with Crippen LogP contribution in [0.4, 0.5) is 17.2 Å². The van der Waals surface area contributed by atoms with Gasteiger partial charge in [-0.15, -0.1) is 0 Å². The third-order valence-corrected chi connectivity index (χ3v) is 6.39. The van der Waals surface area contributed by atoms with Crippen molar-refractivity contribution in [1.29, 1.82) is 0 Å². The summed E-state index contributed by atoms with van der Waals surface area (Å²) < 4.78 is 16.2. The van der Waals surface area contributed by atoms with Crippen LogP contribution in [0.1, 0.15) is 11.1 Å². The molecule has 4 aromatic rings. The number of rotatable bonds is 7. The van der Waals surface area contributed by atoms with Crippen molar-refractivity contribution < 1.29 is 18.7 Å². The first-order valence-electron chi connectivity index (χ1n) is 11.0. The summed E-state index contributed by atoms with van der Waals surface area (Å²) in [6, 6.07) is 8.52. The number of ether oxygens (including phenoxy) is 2. The van der Waals surface area contributed by atoms with Crippen molar-refractivity contribution in [3.8, 4) is 22.6 Å². The second-order valence-corrected chi connectivity index (χ2v) is 8.92. The standard InChI is InChI=1S/C27H23Cl2N3O5/c1-6-22(33)31-17-8-13(2)7-14(3)26(17)32-21-11-18-15(12-30-21)9-16(27(34)37-18)23-24(28)19(35-4)10-20(36-5)25(23)29/h6-12H,1H2,2-5H3,(H,30,32)(H,31,33). The van der Waals surface area contributed by atoms with Gasteiger partial charge < -0.3 is 24.5 Å². The van der Waals surface area contributed by atoms with E-state index in [9.17, 15) is 9.59 Å². The number of nitrogens with zero attached hydrogens (tertiary/aromatic N) is 1.